The zero-order valence-corrected chi connectivity index (χ0v) is 18.1. The minimum absolute atomic E-state index is 0.0365. The maximum Gasteiger partial charge on any atom is 0.251 e. The average molecular weight is 422 g/mol. The van der Waals surface area contributed by atoms with Crippen LogP contribution in [0.4, 0.5) is 0 Å². The lowest BCUT2D eigenvalue weighted by molar-refractivity contribution is 0.302. The second-order valence-electron chi connectivity index (χ2n) is 8.28. The van der Waals surface area contributed by atoms with Crippen molar-refractivity contribution in [3.05, 3.63) is 59.2 Å². The molecule has 0 spiro atoms. The van der Waals surface area contributed by atoms with Crippen molar-refractivity contribution in [3.8, 4) is 5.75 Å². The maximum atomic E-state index is 12.2. The fraction of sp³-hybridized carbons (Fsp3) is 0.500. The van der Waals surface area contributed by atoms with Gasteiger partial charge in [0.05, 0.1) is 18.2 Å². The van der Waals surface area contributed by atoms with Crippen LogP contribution in [0.2, 0.25) is 0 Å². The fourth-order valence-corrected chi connectivity index (χ4v) is 4.44. The Hall–Kier alpha value is -2.96. The Kier molecular flexibility index (Phi) is 7.12. The van der Waals surface area contributed by atoms with Crippen LogP contribution in [0.25, 0.3) is 10.9 Å². The van der Waals surface area contributed by atoms with E-state index < -0.39 is 0 Å². The molecule has 4 rings (SSSR count). The van der Waals surface area contributed by atoms with Crippen LogP contribution >= 0.6 is 0 Å². The highest BCUT2D eigenvalue weighted by Crippen LogP contribution is 2.26. The Morgan fingerprint density at radius 1 is 1.10 bits per heavy atom. The lowest BCUT2D eigenvalue weighted by Gasteiger charge is -2.20. The number of hydrogen-bond acceptors (Lipinski definition) is 5. The number of ether oxygens (including phenoxy) is 1. The van der Waals surface area contributed by atoms with Crippen LogP contribution in [0.5, 0.6) is 5.75 Å². The van der Waals surface area contributed by atoms with Crippen molar-refractivity contribution >= 4 is 10.9 Å². The summed E-state index contributed by atoms with van der Waals surface area (Å²) in [4.78, 5) is 12.2. The number of allylic oxidation sites excluding steroid dienone is 1. The summed E-state index contributed by atoms with van der Waals surface area (Å²) in [5.41, 5.74) is 0.823. The molecule has 1 aliphatic carbocycles. The van der Waals surface area contributed by atoms with Crippen LogP contribution < -0.4 is 10.3 Å². The number of fused-ring (bicyclic) bond motifs is 1. The summed E-state index contributed by atoms with van der Waals surface area (Å²) in [5.74, 6) is 1.71. The highest BCUT2D eigenvalue weighted by molar-refractivity contribution is 5.80. The van der Waals surface area contributed by atoms with Gasteiger partial charge in [-0.1, -0.05) is 38.2 Å². The SMILES string of the molecule is C=CCn1c(=O)ccc2ccc(OCCCc3nnnn3C3CCCCCCC3)cc21. The minimum Gasteiger partial charge on any atom is -0.494 e. The molecular weight excluding hydrogens is 390 g/mol. The zero-order chi connectivity index (χ0) is 21.5. The van der Waals surface area contributed by atoms with Crippen LogP contribution in [-0.4, -0.2) is 31.4 Å². The van der Waals surface area contributed by atoms with Gasteiger partial charge in [0.15, 0.2) is 5.82 Å². The Morgan fingerprint density at radius 3 is 2.68 bits per heavy atom. The van der Waals surface area contributed by atoms with Crippen LogP contribution in [0.15, 0.2) is 47.8 Å². The molecule has 3 aromatic rings. The van der Waals surface area contributed by atoms with Crippen LogP contribution in [0.1, 0.15) is 63.2 Å². The van der Waals surface area contributed by atoms with E-state index in [1.165, 1.54) is 32.1 Å². The van der Waals surface area contributed by atoms with E-state index in [1.807, 2.05) is 24.3 Å². The molecule has 0 saturated heterocycles. The molecule has 2 aromatic heterocycles. The molecule has 1 fully saturated rings. The van der Waals surface area contributed by atoms with E-state index in [-0.39, 0.29) is 5.56 Å². The van der Waals surface area contributed by atoms with Crippen molar-refractivity contribution in [3.63, 3.8) is 0 Å². The van der Waals surface area contributed by atoms with Gasteiger partial charge in [0.2, 0.25) is 0 Å². The van der Waals surface area contributed by atoms with Crippen molar-refractivity contribution in [1.29, 1.82) is 0 Å². The Labute approximate surface area is 182 Å². The van der Waals surface area contributed by atoms with Crippen molar-refractivity contribution in [2.45, 2.75) is 70.4 Å². The number of pyridine rings is 1. The molecule has 0 unspecified atom stereocenters. The van der Waals surface area contributed by atoms with Gasteiger partial charge < -0.3 is 9.30 Å². The number of aryl methyl sites for hydroxylation is 1. The predicted molar refractivity (Wildman–Crippen MR) is 121 cm³/mol. The largest absolute Gasteiger partial charge is 0.494 e. The molecule has 1 saturated carbocycles. The third kappa shape index (κ3) is 5.21. The summed E-state index contributed by atoms with van der Waals surface area (Å²) in [7, 11) is 0. The lowest BCUT2D eigenvalue weighted by Crippen LogP contribution is -2.18. The van der Waals surface area contributed by atoms with E-state index in [2.05, 4.69) is 26.8 Å². The Morgan fingerprint density at radius 2 is 1.87 bits per heavy atom. The predicted octanol–water partition coefficient (Wildman–Crippen LogP) is 4.47. The third-order valence-electron chi connectivity index (χ3n) is 6.07. The normalized spacial score (nSPS) is 15.5. The highest BCUT2D eigenvalue weighted by atomic mass is 16.5. The molecule has 0 aliphatic heterocycles. The minimum atomic E-state index is -0.0365. The van der Waals surface area contributed by atoms with E-state index in [0.29, 0.717) is 19.2 Å². The number of hydrogen-bond donors (Lipinski definition) is 0. The number of aromatic nitrogens is 5. The zero-order valence-electron chi connectivity index (χ0n) is 18.1. The fourth-order valence-electron chi connectivity index (χ4n) is 4.44. The van der Waals surface area contributed by atoms with Crippen molar-refractivity contribution in [2.75, 3.05) is 6.61 Å². The summed E-state index contributed by atoms with van der Waals surface area (Å²) < 4.78 is 9.75. The first kappa shape index (κ1) is 21.3. The molecule has 0 bridgehead atoms. The number of benzene rings is 1. The molecule has 31 heavy (non-hydrogen) atoms. The molecule has 0 N–H and O–H groups in total. The molecule has 7 nitrogen and oxygen atoms in total. The van der Waals surface area contributed by atoms with Crippen molar-refractivity contribution < 1.29 is 4.74 Å². The average Bonchev–Trinajstić information content (AvgIpc) is 3.21. The summed E-state index contributed by atoms with van der Waals surface area (Å²) in [6.07, 6.45) is 12.2. The quantitative estimate of drug-likeness (QED) is 0.396. The maximum absolute atomic E-state index is 12.2. The number of nitrogens with zero attached hydrogens (tertiary/aromatic N) is 5. The summed E-state index contributed by atoms with van der Waals surface area (Å²) >= 11 is 0. The first-order chi connectivity index (χ1) is 15.3. The topological polar surface area (TPSA) is 74.8 Å². The molecule has 164 valence electrons. The van der Waals surface area contributed by atoms with Crippen molar-refractivity contribution in [1.82, 2.24) is 24.8 Å². The highest BCUT2D eigenvalue weighted by Gasteiger charge is 2.18. The summed E-state index contributed by atoms with van der Waals surface area (Å²) in [5, 5.41) is 13.5. The lowest BCUT2D eigenvalue weighted by atomic mass is 9.97. The van der Waals surface area contributed by atoms with E-state index in [4.69, 9.17) is 4.74 Å². The van der Waals surface area contributed by atoms with Crippen LogP contribution in [0.3, 0.4) is 0 Å². The molecule has 1 aromatic carbocycles. The number of rotatable bonds is 8. The second-order valence-corrected chi connectivity index (χ2v) is 8.28. The summed E-state index contributed by atoms with van der Waals surface area (Å²) in [6.45, 7) is 4.80. The monoisotopic (exact) mass is 421 g/mol. The van der Waals surface area contributed by atoms with Gasteiger partial charge in [0, 0.05) is 25.1 Å². The first-order valence-electron chi connectivity index (χ1n) is 11.4. The molecule has 0 amide bonds. The van der Waals surface area contributed by atoms with Gasteiger partial charge in [-0.2, -0.15) is 0 Å². The Balaban J connectivity index is 1.37. The van der Waals surface area contributed by atoms with Crippen LogP contribution in [-0.2, 0) is 13.0 Å². The molecule has 1 aliphatic rings. The van der Waals surface area contributed by atoms with E-state index >= 15 is 0 Å². The molecule has 0 atom stereocenters. The van der Waals surface area contributed by atoms with Gasteiger partial charge in [-0.05, 0) is 53.3 Å². The van der Waals surface area contributed by atoms with Gasteiger partial charge in [-0.3, -0.25) is 4.79 Å². The number of tetrazole rings is 1. The first-order valence-corrected chi connectivity index (χ1v) is 11.4. The molecular formula is C24H31N5O2. The summed E-state index contributed by atoms with van der Waals surface area (Å²) in [6, 6.07) is 9.72. The van der Waals surface area contributed by atoms with E-state index in [1.54, 1.807) is 16.7 Å². The third-order valence-corrected chi connectivity index (χ3v) is 6.07. The van der Waals surface area contributed by atoms with Gasteiger partial charge in [0.25, 0.3) is 5.56 Å². The van der Waals surface area contributed by atoms with E-state index in [9.17, 15) is 4.79 Å². The molecule has 2 heterocycles. The van der Waals surface area contributed by atoms with Crippen LogP contribution in [0, 0.1) is 0 Å². The van der Waals surface area contributed by atoms with E-state index in [0.717, 1.165) is 48.2 Å². The van der Waals surface area contributed by atoms with Gasteiger partial charge >= 0.3 is 0 Å². The van der Waals surface area contributed by atoms with Crippen molar-refractivity contribution in [2.24, 2.45) is 0 Å². The smallest absolute Gasteiger partial charge is 0.251 e. The molecule has 0 radical (unpaired) electrons. The standard InChI is InChI=1S/C24H31N5O2/c1-2-16-28-22-18-21(14-12-19(22)13-15-24(28)30)31-17-8-11-23-25-26-27-29(23)20-9-6-4-3-5-7-10-20/h2,12-15,18,20H,1,3-11,16-17H2. The van der Waals surface area contributed by atoms with Gasteiger partial charge in [-0.25, -0.2) is 4.68 Å². The molecule has 7 heteroatoms. The van der Waals surface area contributed by atoms with Gasteiger partial charge in [-0.15, -0.1) is 11.7 Å². The Bertz CT molecular complexity index is 1060. The second kappa shape index (κ2) is 10.4. The van der Waals surface area contributed by atoms with Gasteiger partial charge in [0.1, 0.15) is 5.75 Å².